The van der Waals surface area contributed by atoms with Gasteiger partial charge in [-0.25, -0.2) is 13.8 Å². The smallest absolute Gasteiger partial charge is 0.152 e. The van der Waals surface area contributed by atoms with Gasteiger partial charge >= 0.3 is 0 Å². The molecule has 1 atom stereocenters. The molecule has 0 aliphatic rings. The summed E-state index contributed by atoms with van der Waals surface area (Å²) < 4.78 is 32.9. The van der Waals surface area contributed by atoms with E-state index in [1.165, 1.54) is 6.07 Å². The van der Waals surface area contributed by atoms with E-state index in [1.54, 1.807) is 18.3 Å². The van der Waals surface area contributed by atoms with Crippen molar-refractivity contribution in [3.63, 3.8) is 0 Å². The van der Waals surface area contributed by atoms with Crippen molar-refractivity contribution in [1.29, 1.82) is 0 Å². The Morgan fingerprint density at radius 2 is 1.89 bits per heavy atom. The molecule has 2 aromatic rings. The van der Waals surface area contributed by atoms with Gasteiger partial charge < -0.3 is 10.5 Å². The van der Waals surface area contributed by atoms with Crippen molar-refractivity contribution in [3.8, 4) is 5.75 Å². The van der Waals surface area contributed by atoms with Crippen LogP contribution in [-0.4, -0.2) is 11.6 Å². The van der Waals surface area contributed by atoms with Gasteiger partial charge in [-0.15, -0.1) is 0 Å². The van der Waals surface area contributed by atoms with Crippen molar-refractivity contribution in [2.24, 2.45) is 5.73 Å². The number of benzene rings is 1. The van der Waals surface area contributed by atoms with Crippen LogP contribution in [0, 0.1) is 11.6 Å². The number of rotatable bonds is 4. The zero-order chi connectivity index (χ0) is 13.8. The average molecular weight is 329 g/mol. The molecule has 3 nitrogen and oxygen atoms in total. The molecule has 1 aromatic carbocycles. The Morgan fingerprint density at radius 3 is 2.53 bits per heavy atom. The Kier molecular flexibility index (Phi) is 4.44. The van der Waals surface area contributed by atoms with Gasteiger partial charge in [0, 0.05) is 11.8 Å². The van der Waals surface area contributed by atoms with Crippen LogP contribution in [0.2, 0.25) is 0 Å². The predicted molar refractivity (Wildman–Crippen MR) is 70.7 cm³/mol. The SMILES string of the molecule is NC(COc1cccnc1Br)c1c(F)cccc1F. The number of hydrogen-bond donors (Lipinski definition) is 1. The molecular formula is C13H11BrF2N2O. The van der Waals surface area contributed by atoms with Crippen LogP contribution < -0.4 is 10.5 Å². The maximum atomic E-state index is 13.5. The normalized spacial score (nSPS) is 12.2. The first kappa shape index (κ1) is 13.9. The van der Waals surface area contributed by atoms with E-state index in [1.807, 2.05) is 0 Å². The minimum atomic E-state index is -0.895. The van der Waals surface area contributed by atoms with Crippen molar-refractivity contribution < 1.29 is 13.5 Å². The molecule has 6 heteroatoms. The van der Waals surface area contributed by atoms with Gasteiger partial charge in [0.1, 0.15) is 22.8 Å². The van der Waals surface area contributed by atoms with Crippen molar-refractivity contribution in [3.05, 3.63) is 58.3 Å². The summed E-state index contributed by atoms with van der Waals surface area (Å²) in [7, 11) is 0. The molecule has 0 saturated heterocycles. The van der Waals surface area contributed by atoms with Crippen LogP contribution in [0.15, 0.2) is 41.1 Å². The number of hydrogen-bond acceptors (Lipinski definition) is 3. The highest BCUT2D eigenvalue weighted by atomic mass is 79.9. The standard InChI is InChI=1S/C13H11BrF2N2O/c14-13-11(5-2-6-18-13)19-7-10(17)12-8(15)3-1-4-9(12)16/h1-6,10H,7,17H2. The summed E-state index contributed by atoms with van der Waals surface area (Å²) in [6.45, 7) is -0.0534. The van der Waals surface area contributed by atoms with Crippen LogP contribution in [0.4, 0.5) is 8.78 Å². The molecule has 0 aliphatic carbocycles. The van der Waals surface area contributed by atoms with Gasteiger partial charge in [0.2, 0.25) is 0 Å². The monoisotopic (exact) mass is 328 g/mol. The Bertz CT molecular complexity index is 560. The number of pyridine rings is 1. The summed E-state index contributed by atoms with van der Waals surface area (Å²) in [6, 6.07) is 6.10. The van der Waals surface area contributed by atoms with Gasteiger partial charge in [0.05, 0.1) is 6.04 Å². The zero-order valence-electron chi connectivity index (χ0n) is 9.82. The van der Waals surface area contributed by atoms with Crippen LogP contribution in [-0.2, 0) is 0 Å². The molecule has 0 amide bonds. The highest BCUT2D eigenvalue weighted by Gasteiger charge is 2.17. The molecule has 0 fully saturated rings. The first-order chi connectivity index (χ1) is 9.09. The lowest BCUT2D eigenvalue weighted by molar-refractivity contribution is 0.281. The minimum Gasteiger partial charge on any atom is -0.489 e. The summed E-state index contributed by atoms with van der Waals surface area (Å²) in [4.78, 5) is 3.97. The van der Waals surface area contributed by atoms with Crippen LogP contribution >= 0.6 is 15.9 Å². The minimum absolute atomic E-state index is 0.0534. The third-order valence-electron chi connectivity index (χ3n) is 2.51. The molecule has 0 saturated carbocycles. The van der Waals surface area contributed by atoms with Gasteiger partial charge in [-0.2, -0.15) is 0 Å². The van der Waals surface area contributed by atoms with E-state index < -0.39 is 17.7 Å². The van der Waals surface area contributed by atoms with E-state index in [0.717, 1.165) is 12.1 Å². The number of aromatic nitrogens is 1. The molecule has 0 bridgehead atoms. The van der Waals surface area contributed by atoms with E-state index >= 15 is 0 Å². The highest BCUT2D eigenvalue weighted by Crippen LogP contribution is 2.24. The van der Waals surface area contributed by atoms with Gasteiger partial charge in [-0.05, 0) is 40.2 Å². The molecule has 100 valence electrons. The van der Waals surface area contributed by atoms with Gasteiger partial charge in [-0.1, -0.05) is 6.07 Å². The van der Waals surface area contributed by atoms with Crippen LogP contribution in [0.25, 0.3) is 0 Å². The molecule has 0 aliphatic heterocycles. The first-order valence-corrected chi connectivity index (χ1v) is 6.31. The van der Waals surface area contributed by atoms with Crippen LogP contribution in [0.3, 0.4) is 0 Å². The predicted octanol–water partition coefficient (Wildman–Crippen LogP) is 3.20. The number of ether oxygens (including phenoxy) is 1. The second-order valence-corrected chi connectivity index (χ2v) is 4.60. The number of nitrogens with two attached hydrogens (primary N) is 1. The fourth-order valence-electron chi connectivity index (χ4n) is 1.61. The highest BCUT2D eigenvalue weighted by molar-refractivity contribution is 9.10. The average Bonchev–Trinajstić information content (AvgIpc) is 2.37. The first-order valence-electron chi connectivity index (χ1n) is 5.52. The van der Waals surface area contributed by atoms with Crippen molar-refractivity contribution >= 4 is 15.9 Å². The van der Waals surface area contributed by atoms with Crippen LogP contribution in [0.1, 0.15) is 11.6 Å². The Hall–Kier alpha value is -1.53. The summed E-state index contributed by atoms with van der Waals surface area (Å²) >= 11 is 3.21. The van der Waals surface area contributed by atoms with Crippen molar-refractivity contribution in [2.75, 3.05) is 6.61 Å². The number of nitrogens with zero attached hydrogens (tertiary/aromatic N) is 1. The maximum absolute atomic E-state index is 13.5. The van der Waals surface area contributed by atoms with Crippen LogP contribution in [0.5, 0.6) is 5.75 Å². The quantitative estimate of drug-likeness (QED) is 0.877. The van der Waals surface area contributed by atoms with E-state index in [2.05, 4.69) is 20.9 Å². The summed E-state index contributed by atoms with van der Waals surface area (Å²) in [5.74, 6) is -0.891. The third kappa shape index (κ3) is 3.27. The molecular weight excluding hydrogens is 318 g/mol. The molecule has 2 rings (SSSR count). The fourth-order valence-corrected chi connectivity index (χ4v) is 1.97. The lowest BCUT2D eigenvalue weighted by atomic mass is 10.1. The molecule has 0 spiro atoms. The molecule has 0 radical (unpaired) electrons. The molecule has 1 aromatic heterocycles. The second-order valence-electron chi connectivity index (χ2n) is 3.85. The van der Waals surface area contributed by atoms with E-state index in [0.29, 0.717) is 10.4 Å². The molecule has 1 heterocycles. The Balaban J connectivity index is 2.10. The lowest BCUT2D eigenvalue weighted by Crippen LogP contribution is -2.21. The fraction of sp³-hybridized carbons (Fsp3) is 0.154. The largest absolute Gasteiger partial charge is 0.489 e. The van der Waals surface area contributed by atoms with Gasteiger partial charge in [0.15, 0.2) is 5.75 Å². The molecule has 19 heavy (non-hydrogen) atoms. The van der Waals surface area contributed by atoms with Crippen molar-refractivity contribution in [1.82, 2.24) is 4.98 Å². The maximum Gasteiger partial charge on any atom is 0.152 e. The van der Waals surface area contributed by atoms with E-state index in [-0.39, 0.29) is 12.2 Å². The molecule has 2 N–H and O–H groups in total. The summed E-state index contributed by atoms with van der Waals surface area (Å²) in [6.07, 6.45) is 1.59. The summed E-state index contributed by atoms with van der Waals surface area (Å²) in [5, 5.41) is 0. The van der Waals surface area contributed by atoms with Gasteiger partial charge in [0.25, 0.3) is 0 Å². The summed E-state index contributed by atoms with van der Waals surface area (Å²) in [5.41, 5.74) is 5.58. The van der Waals surface area contributed by atoms with Crippen molar-refractivity contribution in [2.45, 2.75) is 6.04 Å². The van der Waals surface area contributed by atoms with E-state index in [9.17, 15) is 8.78 Å². The Labute approximate surface area is 117 Å². The lowest BCUT2D eigenvalue weighted by Gasteiger charge is -2.15. The second kappa shape index (κ2) is 6.08. The zero-order valence-corrected chi connectivity index (χ0v) is 11.4. The topological polar surface area (TPSA) is 48.1 Å². The molecule has 1 unspecified atom stereocenters. The third-order valence-corrected chi connectivity index (χ3v) is 3.11. The number of halogens is 3. The van der Waals surface area contributed by atoms with Gasteiger partial charge in [-0.3, -0.25) is 0 Å². The Morgan fingerprint density at radius 1 is 1.21 bits per heavy atom. The van der Waals surface area contributed by atoms with E-state index in [4.69, 9.17) is 10.5 Å².